The summed E-state index contributed by atoms with van der Waals surface area (Å²) in [5.41, 5.74) is -0.495. The Morgan fingerprint density at radius 1 is 1.40 bits per heavy atom. The van der Waals surface area contributed by atoms with E-state index in [4.69, 9.17) is 16.3 Å². The second-order valence-electron chi connectivity index (χ2n) is 4.68. The molecule has 0 saturated carbocycles. The number of carbonyl (C=O) groups excluding carboxylic acids is 1. The molecule has 1 aliphatic rings. The number of ether oxygens (including phenoxy) is 1. The van der Waals surface area contributed by atoms with Gasteiger partial charge in [0.05, 0.1) is 18.8 Å². The minimum absolute atomic E-state index is 0.0636. The summed E-state index contributed by atoms with van der Waals surface area (Å²) < 4.78 is 32.7. The van der Waals surface area contributed by atoms with Gasteiger partial charge in [-0.15, -0.1) is 0 Å². The summed E-state index contributed by atoms with van der Waals surface area (Å²) in [6, 6.07) is 1.16. The Morgan fingerprint density at radius 3 is 2.60 bits per heavy atom. The van der Waals surface area contributed by atoms with E-state index < -0.39 is 23.4 Å². The summed E-state index contributed by atoms with van der Waals surface area (Å²) in [5, 5.41) is 2.19. The van der Waals surface area contributed by atoms with Gasteiger partial charge >= 0.3 is 6.03 Å². The summed E-state index contributed by atoms with van der Waals surface area (Å²) in [6.07, 6.45) is -0.130. The van der Waals surface area contributed by atoms with Crippen LogP contribution in [0.3, 0.4) is 0 Å². The van der Waals surface area contributed by atoms with Gasteiger partial charge in [-0.1, -0.05) is 11.6 Å². The molecule has 1 N–H and O–H groups in total. The smallest absolute Gasteiger partial charge is 0.322 e. The third-order valence-corrected chi connectivity index (χ3v) is 3.60. The molecule has 110 valence electrons. The zero-order valence-corrected chi connectivity index (χ0v) is 11.9. The first-order valence-corrected chi connectivity index (χ1v) is 6.61. The van der Waals surface area contributed by atoms with E-state index >= 15 is 0 Å². The minimum Gasteiger partial charge on any atom is -0.375 e. The average molecular weight is 305 g/mol. The lowest BCUT2D eigenvalue weighted by molar-refractivity contribution is -0.0355. The lowest BCUT2D eigenvalue weighted by atomic mass is 10.1. The lowest BCUT2D eigenvalue weighted by Gasteiger charge is -2.37. The fourth-order valence-electron chi connectivity index (χ4n) is 2.06. The van der Waals surface area contributed by atoms with Crippen molar-refractivity contribution < 1.29 is 18.3 Å². The van der Waals surface area contributed by atoms with Gasteiger partial charge in [-0.2, -0.15) is 0 Å². The molecule has 20 heavy (non-hydrogen) atoms. The Kier molecular flexibility index (Phi) is 4.45. The molecule has 0 bridgehead atoms. The summed E-state index contributed by atoms with van der Waals surface area (Å²) in [7, 11) is 0. The van der Waals surface area contributed by atoms with E-state index in [2.05, 4.69) is 5.32 Å². The number of rotatable bonds is 1. The molecule has 7 heteroatoms. The lowest BCUT2D eigenvalue weighted by Crippen LogP contribution is -2.52. The Morgan fingerprint density at radius 2 is 2.00 bits per heavy atom. The van der Waals surface area contributed by atoms with Gasteiger partial charge in [0.2, 0.25) is 0 Å². The molecule has 1 aliphatic heterocycles. The number of nitrogens with zero attached hydrogens (tertiary/aromatic N) is 1. The van der Waals surface area contributed by atoms with E-state index in [0.717, 1.165) is 12.1 Å². The maximum Gasteiger partial charge on any atom is 0.322 e. The topological polar surface area (TPSA) is 41.6 Å². The van der Waals surface area contributed by atoms with Crippen LogP contribution >= 0.6 is 11.6 Å². The third-order valence-electron chi connectivity index (χ3n) is 3.38. The number of anilines is 1. The highest BCUT2D eigenvalue weighted by atomic mass is 35.5. The van der Waals surface area contributed by atoms with Gasteiger partial charge in [0.25, 0.3) is 0 Å². The molecule has 4 nitrogen and oxygen atoms in total. The van der Waals surface area contributed by atoms with Crippen molar-refractivity contribution in [1.29, 1.82) is 0 Å². The average Bonchev–Trinajstić information content (AvgIpc) is 2.36. The predicted molar refractivity (Wildman–Crippen MR) is 72.0 cm³/mol. The molecular formula is C13H15ClF2N2O2. The van der Waals surface area contributed by atoms with E-state index in [1.54, 1.807) is 0 Å². The number of halogens is 3. The van der Waals surface area contributed by atoms with Crippen LogP contribution in [0.4, 0.5) is 19.3 Å². The molecule has 1 heterocycles. The molecule has 0 aromatic heterocycles. The first-order chi connectivity index (χ1) is 9.40. The van der Waals surface area contributed by atoms with Crippen molar-refractivity contribution in [3.63, 3.8) is 0 Å². The van der Waals surface area contributed by atoms with Crippen molar-refractivity contribution in [3.05, 3.63) is 28.8 Å². The van der Waals surface area contributed by atoms with Crippen LogP contribution in [0.25, 0.3) is 0 Å². The van der Waals surface area contributed by atoms with Crippen LogP contribution in [0.2, 0.25) is 5.02 Å². The molecule has 2 amide bonds. The Bertz CT molecular complexity index is 504. The van der Waals surface area contributed by atoms with Crippen molar-refractivity contribution in [2.24, 2.45) is 0 Å². The molecule has 2 atom stereocenters. The van der Waals surface area contributed by atoms with Gasteiger partial charge in [-0.05, 0) is 26.0 Å². The number of carbonyl (C=O) groups is 1. The fraction of sp³-hybridized carbons (Fsp3) is 0.462. The van der Waals surface area contributed by atoms with Crippen molar-refractivity contribution in [3.8, 4) is 0 Å². The van der Waals surface area contributed by atoms with Crippen LogP contribution in [0.5, 0.6) is 0 Å². The predicted octanol–water partition coefficient (Wildman–Crippen LogP) is 3.26. The molecule has 2 rings (SSSR count). The van der Waals surface area contributed by atoms with Crippen molar-refractivity contribution >= 4 is 23.3 Å². The van der Waals surface area contributed by atoms with E-state index in [-0.39, 0.29) is 17.2 Å². The highest BCUT2D eigenvalue weighted by Gasteiger charge is 2.30. The van der Waals surface area contributed by atoms with Crippen LogP contribution < -0.4 is 5.32 Å². The Balaban J connectivity index is 2.16. The zero-order valence-electron chi connectivity index (χ0n) is 11.1. The summed E-state index contributed by atoms with van der Waals surface area (Å²) in [5.74, 6) is -1.81. The second kappa shape index (κ2) is 5.93. The van der Waals surface area contributed by atoms with E-state index in [9.17, 15) is 13.6 Å². The van der Waals surface area contributed by atoms with Crippen LogP contribution in [0, 0.1) is 11.6 Å². The van der Waals surface area contributed by atoms with E-state index in [0.29, 0.717) is 13.2 Å². The third kappa shape index (κ3) is 3.02. The number of morpholine rings is 1. The summed E-state index contributed by atoms with van der Waals surface area (Å²) >= 11 is 5.53. The number of urea groups is 1. The second-order valence-corrected chi connectivity index (χ2v) is 5.12. The monoisotopic (exact) mass is 304 g/mol. The van der Waals surface area contributed by atoms with E-state index in [1.165, 1.54) is 4.90 Å². The summed E-state index contributed by atoms with van der Waals surface area (Å²) in [6.45, 7) is 4.42. The number of hydrogen-bond acceptors (Lipinski definition) is 2. The molecule has 1 saturated heterocycles. The van der Waals surface area contributed by atoms with Crippen LogP contribution in [0.1, 0.15) is 13.8 Å². The molecule has 0 aliphatic carbocycles. The molecule has 1 aromatic rings. The number of benzene rings is 1. The maximum absolute atomic E-state index is 13.6. The fourth-order valence-corrected chi connectivity index (χ4v) is 2.25. The van der Waals surface area contributed by atoms with E-state index in [1.807, 2.05) is 13.8 Å². The van der Waals surface area contributed by atoms with Crippen molar-refractivity contribution in [1.82, 2.24) is 4.90 Å². The normalized spacial score (nSPS) is 22.8. The molecule has 1 aromatic carbocycles. The first-order valence-electron chi connectivity index (χ1n) is 6.24. The quantitative estimate of drug-likeness (QED) is 0.865. The van der Waals surface area contributed by atoms with Crippen LogP contribution in [0.15, 0.2) is 12.1 Å². The van der Waals surface area contributed by atoms with Gasteiger partial charge in [-0.25, -0.2) is 13.6 Å². The first kappa shape index (κ1) is 15.0. The summed E-state index contributed by atoms with van der Waals surface area (Å²) in [4.78, 5) is 13.6. The van der Waals surface area contributed by atoms with Gasteiger partial charge < -0.3 is 15.0 Å². The Hall–Kier alpha value is -1.40. The zero-order chi connectivity index (χ0) is 14.9. The highest BCUT2D eigenvalue weighted by molar-refractivity contribution is 6.30. The molecule has 0 unspecified atom stereocenters. The van der Waals surface area contributed by atoms with Crippen LogP contribution in [-0.4, -0.2) is 36.2 Å². The SMILES string of the molecule is C[C@@H]1OCCN(C(=O)Nc2c(F)cc(Cl)cc2F)[C@H]1C. The minimum atomic E-state index is -0.905. The van der Waals surface area contributed by atoms with Gasteiger partial charge in [0.1, 0.15) is 5.69 Å². The molecule has 0 spiro atoms. The van der Waals surface area contributed by atoms with Crippen molar-refractivity contribution in [2.45, 2.75) is 26.0 Å². The highest BCUT2D eigenvalue weighted by Crippen LogP contribution is 2.24. The number of nitrogens with one attached hydrogen (secondary N) is 1. The van der Waals surface area contributed by atoms with Gasteiger partial charge in [0.15, 0.2) is 11.6 Å². The molecular weight excluding hydrogens is 290 g/mol. The van der Waals surface area contributed by atoms with Crippen molar-refractivity contribution in [2.75, 3.05) is 18.5 Å². The van der Waals surface area contributed by atoms with Gasteiger partial charge in [0, 0.05) is 11.6 Å². The largest absolute Gasteiger partial charge is 0.375 e. The number of hydrogen-bond donors (Lipinski definition) is 1. The Labute approximate surface area is 120 Å². The molecule has 1 fully saturated rings. The standard InChI is InChI=1S/C13H15ClF2N2O2/c1-7-8(2)20-4-3-18(7)13(19)17-12-10(15)5-9(14)6-11(12)16/h5-8H,3-4H2,1-2H3,(H,17,19)/t7-,8-/m0/s1. The number of amides is 2. The molecule has 0 radical (unpaired) electrons. The van der Waals surface area contributed by atoms with Gasteiger partial charge in [-0.3, -0.25) is 0 Å². The maximum atomic E-state index is 13.6. The van der Waals surface area contributed by atoms with Crippen LogP contribution in [-0.2, 0) is 4.74 Å².